The quantitative estimate of drug-likeness (QED) is 0.718. The van der Waals surface area contributed by atoms with Crippen LogP contribution in [0.25, 0.3) is 0 Å². The summed E-state index contributed by atoms with van der Waals surface area (Å²) < 4.78 is 16.1. The number of benzene rings is 1. The molecule has 4 heteroatoms. The van der Waals surface area contributed by atoms with Gasteiger partial charge in [-0.1, -0.05) is 29.8 Å². The lowest BCUT2D eigenvalue weighted by molar-refractivity contribution is 0.122. The van der Waals surface area contributed by atoms with Gasteiger partial charge < -0.3 is 13.3 Å². The molecule has 0 spiro atoms. The molecule has 0 amide bonds. The largest absolute Gasteiger partial charge is 0.504 e. The molecule has 0 aromatic heterocycles. The minimum atomic E-state index is -2.48. The van der Waals surface area contributed by atoms with E-state index in [4.69, 9.17) is 13.3 Å². The number of hydrogen-bond donors (Lipinski definition) is 0. The summed E-state index contributed by atoms with van der Waals surface area (Å²) in [5.41, 5.74) is 2.43. The van der Waals surface area contributed by atoms with Crippen molar-refractivity contribution in [3.8, 4) is 0 Å². The molecule has 1 rings (SSSR count). The maximum atomic E-state index is 5.36. The second-order valence-corrected chi connectivity index (χ2v) is 6.40. The van der Waals surface area contributed by atoms with E-state index in [-0.39, 0.29) is 0 Å². The summed E-state index contributed by atoms with van der Waals surface area (Å²) in [6, 6.07) is 9.02. The standard InChI is InChI=1S/C11H18O3Si/c1-10-5-7-11(8-6-10)9-15(12-2,13-3)14-4/h5-8H,9H2,1-4H3. The van der Waals surface area contributed by atoms with E-state index < -0.39 is 8.80 Å². The Kier molecular flexibility index (Phi) is 4.47. The van der Waals surface area contributed by atoms with Crippen molar-refractivity contribution in [3.05, 3.63) is 35.4 Å². The van der Waals surface area contributed by atoms with Crippen LogP contribution < -0.4 is 0 Å². The fourth-order valence-electron chi connectivity index (χ4n) is 1.42. The summed E-state index contributed by atoms with van der Waals surface area (Å²) in [5.74, 6) is 0. The third-order valence-electron chi connectivity index (χ3n) is 2.47. The predicted molar refractivity (Wildman–Crippen MR) is 61.7 cm³/mol. The van der Waals surface area contributed by atoms with E-state index in [9.17, 15) is 0 Å². The van der Waals surface area contributed by atoms with Crippen molar-refractivity contribution in [3.63, 3.8) is 0 Å². The summed E-state index contributed by atoms with van der Waals surface area (Å²) >= 11 is 0. The van der Waals surface area contributed by atoms with E-state index in [0.29, 0.717) is 6.04 Å². The van der Waals surface area contributed by atoms with Gasteiger partial charge in [0.25, 0.3) is 0 Å². The van der Waals surface area contributed by atoms with Crippen LogP contribution in [0.4, 0.5) is 0 Å². The molecule has 0 radical (unpaired) electrons. The average molecular weight is 226 g/mol. The molecule has 0 fully saturated rings. The van der Waals surface area contributed by atoms with Gasteiger partial charge in [0.05, 0.1) is 0 Å². The van der Waals surface area contributed by atoms with Crippen molar-refractivity contribution >= 4 is 8.80 Å². The average Bonchev–Trinajstić information content (AvgIpc) is 2.29. The number of aryl methyl sites for hydroxylation is 1. The molecule has 0 saturated carbocycles. The zero-order chi connectivity index (χ0) is 11.3. The third kappa shape index (κ3) is 3.14. The van der Waals surface area contributed by atoms with Crippen LogP contribution in [-0.4, -0.2) is 30.1 Å². The first kappa shape index (κ1) is 12.4. The van der Waals surface area contributed by atoms with Crippen LogP contribution >= 0.6 is 0 Å². The monoisotopic (exact) mass is 226 g/mol. The van der Waals surface area contributed by atoms with Crippen LogP contribution in [0.15, 0.2) is 24.3 Å². The van der Waals surface area contributed by atoms with Gasteiger partial charge in [-0.05, 0) is 12.5 Å². The predicted octanol–water partition coefficient (Wildman–Crippen LogP) is 1.95. The van der Waals surface area contributed by atoms with E-state index in [1.165, 1.54) is 11.1 Å². The first-order valence-electron chi connectivity index (χ1n) is 4.87. The SMILES string of the molecule is CO[Si](Cc1ccc(C)cc1)(OC)OC. The summed E-state index contributed by atoms with van der Waals surface area (Å²) in [7, 11) is 2.42. The van der Waals surface area contributed by atoms with Crippen molar-refractivity contribution in [2.75, 3.05) is 21.3 Å². The van der Waals surface area contributed by atoms with Crippen LogP contribution in [0, 0.1) is 6.92 Å². The van der Waals surface area contributed by atoms with Gasteiger partial charge in [-0.15, -0.1) is 0 Å². The lowest BCUT2D eigenvalue weighted by atomic mass is 10.2. The van der Waals surface area contributed by atoms with Crippen molar-refractivity contribution in [2.24, 2.45) is 0 Å². The Morgan fingerprint density at radius 3 is 1.80 bits per heavy atom. The highest BCUT2D eigenvalue weighted by Crippen LogP contribution is 2.14. The maximum Gasteiger partial charge on any atom is 0.504 e. The number of rotatable bonds is 5. The smallest absolute Gasteiger partial charge is 0.377 e. The van der Waals surface area contributed by atoms with Crippen molar-refractivity contribution in [1.82, 2.24) is 0 Å². The third-order valence-corrected chi connectivity index (χ3v) is 5.18. The highest BCUT2D eigenvalue weighted by Gasteiger charge is 2.37. The molecule has 1 aromatic carbocycles. The Labute approximate surface area is 92.3 Å². The highest BCUT2D eigenvalue weighted by molar-refractivity contribution is 6.60. The Bertz CT molecular complexity index is 285. The van der Waals surface area contributed by atoms with Gasteiger partial charge >= 0.3 is 8.80 Å². The molecule has 0 N–H and O–H groups in total. The minimum Gasteiger partial charge on any atom is -0.377 e. The zero-order valence-electron chi connectivity index (χ0n) is 9.74. The second kappa shape index (κ2) is 5.41. The van der Waals surface area contributed by atoms with Gasteiger partial charge in [0, 0.05) is 27.4 Å². The first-order chi connectivity index (χ1) is 7.15. The molecular formula is C11H18O3Si. The molecule has 0 saturated heterocycles. The molecule has 0 heterocycles. The van der Waals surface area contributed by atoms with Gasteiger partial charge in [-0.25, -0.2) is 0 Å². The van der Waals surface area contributed by atoms with Gasteiger partial charge in [0.15, 0.2) is 0 Å². The molecule has 3 nitrogen and oxygen atoms in total. The van der Waals surface area contributed by atoms with Gasteiger partial charge in [-0.3, -0.25) is 0 Å². The first-order valence-corrected chi connectivity index (χ1v) is 6.80. The zero-order valence-corrected chi connectivity index (χ0v) is 10.7. The topological polar surface area (TPSA) is 27.7 Å². The fourth-order valence-corrected chi connectivity index (χ4v) is 3.09. The molecule has 0 unspecified atom stereocenters. The van der Waals surface area contributed by atoms with E-state index in [1.807, 2.05) is 0 Å². The summed E-state index contributed by atoms with van der Waals surface area (Å²) in [6.07, 6.45) is 0. The van der Waals surface area contributed by atoms with Crippen molar-refractivity contribution in [2.45, 2.75) is 13.0 Å². The van der Waals surface area contributed by atoms with E-state index in [2.05, 4.69) is 31.2 Å². The van der Waals surface area contributed by atoms with Crippen LogP contribution in [0.5, 0.6) is 0 Å². The molecule has 1 aromatic rings. The van der Waals surface area contributed by atoms with Crippen LogP contribution in [0.2, 0.25) is 0 Å². The second-order valence-electron chi connectivity index (χ2n) is 3.46. The molecule has 0 atom stereocenters. The molecule has 84 valence electrons. The lowest BCUT2D eigenvalue weighted by Gasteiger charge is -2.24. The van der Waals surface area contributed by atoms with E-state index in [0.717, 1.165) is 0 Å². The Morgan fingerprint density at radius 2 is 1.40 bits per heavy atom. The fraction of sp³-hybridized carbons (Fsp3) is 0.455. The van der Waals surface area contributed by atoms with Crippen molar-refractivity contribution < 1.29 is 13.3 Å². The Balaban J connectivity index is 2.78. The maximum absolute atomic E-state index is 5.36. The molecule has 0 aliphatic rings. The Morgan fingerprint density at radius 1 is 0.933 bits per heavy atom. The van der Waals surface area contributed by atoms with Crippen LogP contribution in [0.3, 0.4) is 0 Å². The summed E-state index contributed by atoms with van der Waals surface area (Å²) in [4.78, 5) is 0. The normalized spacial score (nSPS) is 11.7. The van der Waals surface area contributed by atoms with Gasteiger partial charge in [0.2, 0.25) is 0 Å². The highest BCUT2D eigenvalue weighted by atomic mass is 28.4. The van der Waals surface area contributed by atoms with Crippen molar-refractivity contribution in [1.29, 1.82) is 0 Å². The lowest BCUT2D eigenvalue weighted by Crippen LogP contribution is -2.45. The van der Waals surface area contributed by atoms with Gasteiger partial charge in [0.1, 0.15) is 0 Å². The Hall–Kier alpha value is -0.683. The summed E-state index contributed by atoms with van der Waals surface area (Å²) in [5, 5.41) is 0. The minimum absolute atomic E-state index is 0.705. The molecule has 15 heavy (non-hydrogen) atoms. The van der Waals surface area contributed by atoms with E-state index >= 15 is 0 Å². The van der Waals surface area contributed by atoms with Gasteiger partial charge in [-0.2, -0.15) is 0 Å². The molecular weight excluding hydrogens is 208 g/mol. The molecule has 0 aliphatic carbocycles. The summed E-state index contributed by atoms with van der Waals surface area (Å²) in [6.45, 7) is 2.07. The van der Waals surface area contributed by atoms with Crippen LogP contribution in [0.1, 0.15) is 11.1 Å². The number of hydrogen-bond acceptors (Lipinski definition) is 3. The molecule has 0 aliphatic heterocycles. The van der Waals surface area contributed by atoms with Crippen LogP contribution in [-0.2, 0) is 19.3 Å². The van der Waals surface area contributed by atoms with E-state index in [1.54, 1.807) is 21.3 Å². The molecule has 0 bridgehead atoms.